The number of rotatable bonds is 7. The molecule has 0 N–H and O–H groups in total. The van der Waals surface area contributed by atoms with Crippen LogP contribution in [0, 0.1) is 12.8 Å². The van der Waals surface area contributed by atoms with Crippen molar-refractivity contribution in [2.75, 3.05) is 6.54 Å². The highest BCUT2D eigenvalue weighted by Crippen LogP contribution is 2.22. The molecular weight excluding hydrogens is 380 g/mol. The molecule has 0 saturated carbocycles. The number of fused-ring (bicyclic) bond motifs is 1. The van der Waals surface area contributed by atoms with Crippen molar-refractivity contribution in [2.45, 2.75) is 39.7 Å². The van der Waals surface area contributed by atoms with Crippen LogP contribution in [-0.2, 0) is 11.3 Å². The van der Waals surface area contributed by atoms with E-state index in [1.807, 2.05) is 55.5 Å². The van der Waals surface area contributed by atoms with Gasteiger partial charge in [0.15, 0.2) is 6.54 Å². The first-order valence-electron chi connectivity index (χ1n) is 10.3. The van der Waals surface area contributed by atoms with E-state index in [1.165, 1.54) is 4.90 Å². The molecule has 2 heterocycles. The summed E-state index contributed by atoms with van der Waals surface area (Å²) in [5.41, 5.74) is 2.61. The second-order valence-electron chi connectivity index (χ2n) is 7.59. The molecule has 0 bridgehead atoms. The van der Waals surface area contributed by atoms with Crippen LogP contribution in [-0.4, -0.2) is 43.8 Å². The Morgan fingerprint density at radius 1 is 1.20 bits per heavy atom. The first-order chi connectivity index (χ1) is 14.6. The molecule has 0 spiro atoms. The predicted octanol–water partition coefficient (Wildman–Crippen LogP) is 3.89. The quantitative estimate of drug-likeness (QED) is 0.516. The Morgan fingerprint density at radius 3 is 2.87 bits per heavy atom. The Hall–Kier alpha value is -3.35. The van der Waals surface area contributed by atoms with E-state index in [4.69, 9.17) is 4.52 Å². The maximum atomic E-state index is 13.2. The van der Waals surface area contributed by atoms with E-state index in [1.54, 1.807) is 4.58 Å². The second kappa shape index (κ2) is 8.57. The monoisotopic (exact) mass is 405 g/mol. The number of carbonyl (C=O) groups excluding carboxylic acids is 2. The molecule has 1 aromatic heterocycles. The van der Waals surface area contributed by atoms with Gasteiger partial charge in [-0.25, -0.2) is 4.79 Å². The first-order valence-corrected chi connectivity index (χ1v) is 10.3. The lowest BCUT2D eigenvalue weighted by atomic mass is 9.94. The van der Waals surface area contributed by atoms with Crippen LogP contribution >= 0.6 is 0 Å². The molecule has 4 rings (SSSR count). The number of aryl methyl sites for hydroxylation is 1. The summed E-state index contributed by atoms with van der Waals surface area (Å²) < 4.78 is 7.01. The van der Waals surface area contributed by atoms with Gasteiger partial charge in [0.05, 0.1) is 6.54 Å². The number of nitrogens with zero attached hydrogens (tertiary/aromatic N) is 4. The van der Waals surface area contributed by atoms with Crippen LogP contribution < -0.4 is 0 Å². The fourth-order valence-corrected chi connectivity index (χ4v) is 3.76. The van der Waals surface area contributed by atoms with E-state index in [0.717, 1.165) is 30.4 Å². The van der Waals surface area contributed by atoms with Crippen molar-refractivity contribution in [3.05, 3.63) is 60.0 Å². The number of carbonyl (C=O) groups is 2. The Morgan fingerprint density at radius 2 is 2.07 bits per heavy atom. The van der Waals surface area contributed by atoms with Crippen molar-refractivity contribution >= 4 is 17.6 Å². The number of unbranched alkanes of at least 4 members (excludes halogenated alkanes) is 2. The van der Waals surface area contributed by atoms with Crippen LogP contribution in [0.2, 0.25) is 0 Å². The molecular formula is C23H25N4O3+. The molecule has 7 heteroatoms. The number of urea groups is 1. The summed E-state index contributed by atoms with van der Waals surface area (Å²) in [5, 5.41) is 4.07. The summed E-state index contributed by atoms with van der Waals surface area (Å²) in [5.74, 6) is 0.175. The number of allylic oxidation sites excluding steroid dienone is 3. The van der Waals surface area contributed by atoms with Gasteiger partial charge in [-0.05, 0) is 31.9 Å². The van der Waals surface area contributed by atoms with Gasteiger partial charge in [0.25, 0.3) is 5.89 Å². The van der Waals surface area contributed by atoms with Gasteiger partial charge in [-0.3, -0.25) is 0 Å². The molecule has 0 radical (unpaired) electrons. The summed E-state index contributed by atoms with van der Waals surface area (Å²) in [7, 11) is 0. The van der Waals surface area contributed by atoms with Crippen LogP contribution in [0.25, 0.3) is 11.4 Å². The minimum Gasteiger partial charge on any atom is -0.335 e. The van der Waals surface area contributed by atoms with E-state index in [-0.39, 0.29) is 18.5 Å². The van der Waals surface area contributed by atoms with E-state index < -0.39 is 5.92 Å². The Kier molecular flexibility index (Phi) is 5.70. The third-order valence-electron chi connectivity index (χ3n) is 5.33. The Bertz CT molecular complexity index is 1060. The topological polar surface area (TPSA) is 79.3 Å². The Balaban J connectivity index is 1.63. The van der Waals surface area contributed by atoms with E-state index in [2.05, 4.69) is 17.1 Å². The average molecular weight is 405 g/mol. The molecule has 3 amide bonds. The molecule has 2 aliphatic rings. The minimum absolute atomic E-state index is 0.124. The maximum Gasteiger partial charge on any atom is 0.501 e. The van der Waals surface area contributed by atoms with E-state index in [0.29, 0.717) is 24.0 Å². The number of amides is 3. The molecule has 1 atom stereocenters. The van der Waals surface area contributed by atoms with Crippen molar-refractivity contribution in [3.63, 3.8) is 0 Å². The van der Waals surface area contributed by atoms with Crippen molar-refractivity contribution in [1.29, 1.82) is 0 Å². The molecule has 1 aliphatic carbocycles. The summed E-state index contributed by atoms with van der Waals surface area (Å²) in [6.07, 6.45) is 10.1. The zero-order chi connectivity index (χ0) is 21.1. The van der Waals surface area contributed by atoms with Crippen LogP contribution in [0.1, 0.15) is 37.6 Å². The predicted molar refractivity (Wildman–Crippen MR) is 112 cm³/mol. The van der Waals surface area contributed by atoms with Gasteiger partial charge in [-0.2, -0.15) is 19.3 Å². The molecule has 1 aliphatic heterocycles. The fourth-order valence-electron chi connectivity index (χ4n) is 3.76. The van der Waals surface area contributed by atoms with Gasteiger partial charge in [-0.15, -0.1) is 0 Å². The molecule has 0 fully saturated rings. The zero-order valence-corrected chi connectivity index (χ0v) is 17.2. The van der Waals surface area contributed by atoms with Crippen LogP contribution in [0.5, 0.6) is 0 Å². The molecule has 1 unspecified atom stereocenters. The second-order valence-corrected chi connectivity index (χ2v) is 7.59. The molecule has 30 heavy (non-hydrogen) atoms. The van der Waals surface area contributed by atoms with Gasteiger partial charge in [-0.1, -0.05) is 60.5 Å². The number of benzene rings is 1. The highest BCUT2D eigenvalue weighted by atomic mass is 16.5. The van der Waals surface area contributed by atoms with Crippen LogP contribution in [0.3, 0.4) is 0 Å². The largest absolute Gasteiger partial charge is 0.501 e. The lowest BCUT2D eigenvalue weighted by Crippen LogP contribution is -2.54. The summed E-state index contributed by atoms with van der Waals surface area (Å²) >= 11 is 0. The number of hydrogen-bond donors (Lipinski definition) is 0. The highest BCUT2D eigenvalue weighted by molar-refractivity contribution is 6.16. The standard InChI is InChI=1S/C23H25N4O3/c1-3-4-7-13-26-22(28)18-11-5-6-12-19(18)27(23(26)29)15-20-24-21(25-30-20)17-10-8-9-16(2)14-17/h5-6,8-12,14,18H,3-4,7,13,15H2,1-2H3/q+1. The maximum absolute atomic E-state index is 13.2. The van der Waals surface area contributed by atoms with Gasteiger partial charge in [0, 0.05) is 5.56 Å². The summed E-state index contributed by atoms with van der Waals surface area (Å²) in [6, 6.07) is 7.50. The summed E-state index contributed by atoms with van der Waals surface area (Å²) in [6.45, 7) is 4.63. The van der Waals surface area contributed by atoms with Crippen molar-refractivity contribution in [2.24, 2.45) is 5.92 Å². The molecule has 154 valence electrons. The number of hydrogen-bond acceptors (Lipinski definition) is 5. The Labute approximate surface area is 175 Å². The van der Waals surface area contributed by atoms with E-state index >= 15 is 0 Å². The zero-order valence-electron chi connectivity index (χ0n) is 17.2. The van der Waals surface area contributed by atoms with Crippen molar-refractivity contribution < 1.29 is 18.7 Å². The van der Waals surface area contributed by atoms with Gasteiger partial charge in [0.2, 0.25) is 5.82 Å². The van der Waals surface area contributed by atoms with Crippen molar-refractivity contribution in [3.8, 4) is 11.4 Å². The number of aromatic nitrogens is 2. The minimum atomic E-state index is -0.464. The van der Waals surface area contributed by atoms with Gasteiger partial charge < -0.3 is 4.52 Å². The third kappa shape index (κ3) is 3.87. The highest BCUT2D eigenvalue weighted by Gasteiger charge is 2.46. The summed E-state index contributed by atoms with van der Waals surface area (Å²) in [4.78, 5) is 31.9. The van der Waals surface area contributed by atoms with Crippen LogP contribution in [0.15, 0.2) is 53.1 Å². The molecule has 2 aromatic rings. The fraction of sp³-hybridized carbons (Fsp3) is 0.348. The molecule has 0 saturated heterocycles. The van der Waals surface area contributed by atoms with Crippen molar-refractivity contribution in [1.82, 2.24) is 15.0 Å². The lowest BCUT2D eigenvalue weighted by molar-refractivity contribution is -0.460. The van der Waals surface area contributed by atoms with E-state index in [9.17, 15) is 9.59 Å². The average Bonchev–Trinajstić information content (AvgIpc) is 3.22. The normalized spacial score (nSPS) is 18.3. The molecule has 1 aromatic carbocycles. The van der Waals surface area contributed by atoms with Gasteiger partial charge >= 0.3 is 11.9 Å². The third-order valence-corrected chi connectivity index (χ3v) is 5.33. The smallest absolute Gasteiger partial charge is 0.335 e. The SMILES string of the molecule is CCCCCN1C(=O)C2C=CC=CC2=[N+](Cc2nc(-c3cccc(C)c3)no2)C1=O. The molecule has 7 nitrogen and oxygen atoms in total. The number of imide groups is 1. The first kappa shape index (κ1) is 19.9. The van der Waals surface area contributed by atoms with Crippen LogP contribution in [0.4, 0.5) is 4.79 Å². The van der Waals surface area contributed by atoms with Gasteiger partial charge in [0.1, 0.15) is 11.6 Å². The lowest BCUT2D eigenvalue weighted by Gasteiger charge is -2.26.